The molecule has 0 atom stereocenters. The van der Waals surface area contributed by atoms with Crippen molar-refractivity contribution in [3.05, 3.63) is 58.8 Å². The average molecular weight is 225 g/mol. The van der Waals surface area contributed by atoms with Gasteiger partial charge in [-0.25, -0.2) is 4.98 Å². The molecular formula is C13H11N3O. The lowest BCUT2D eigenvalue weighted by Gasteiger charge is -2.03. The Morgan fingerprint density at radius 2 is 2.24 bits per heavy atom. The molecule has 1 N–H and O–H groups in total. The van der Waals surface area contributed by atoms with E-state index >= 15 is 0 Å². The molecule has 2 heterocycles. The summed E-state index contributed by atoms with van der Waals surface area (Å²) >= 11 is 0. The summed E-state index contributed by atoms with van der Waals surface area (Å²) in [5.41, 5.74) is 3.20. The standard InChI is InChI=1S/C13H11N3O/c1-9-3-2-4-10(7-9)11-8-16-6-5-14-12(16)13(17)15-11/h2-8H,1H3,(H,15,17). The smallest absolute Gasteiger partial charge is 0.292 e. The van der Waals surface area contributed by atoms with Crippen molar-refractivity contribution in [3.8, 4) is 11.3 Å². The van der Waals surface area contributed by atoms with Gasteiger partial charge >= 0.3 is 0 Å². The predicted molar refractivity (Wildman–Crippen MR) is 66.0 cm³/mol. The summed E-state index contributed by atoms with van der Waals surface area (Å²) < 4.78 is 1.73. The van der Waals surface area contributed by atoms with Crippen LogP contribution in [0.1, 0.15) is 5.56 Å². The number of aromatic amines is 1. The van der Waals surface area contributed by atoms with Gasteiger partial charge in [-0.2, -0.15) is 0 Å². The van der Waals surface area contributed by atoms with Gasteiger partial charge in [-0.05, 0) is 18.6 Å². The molecule has 3 aromatic rings. The van der Waals surface area contributed by atoms with Gasteiger partial charge in [0.15, 0.2) is 0 Å². The van der Waals surface area contributed by atoms with Crippen LogP contribution >= 0.6 is 0 Å². The Balaban J connectivity index is 2.27. The highest BCUT2D eigenvalue weighted by molar-refractivity contribution is 5.60. The number of imidazole rings is 1. The molecule has 4 nitrogen and oxygen atoms in total. The van der Waals surface area contributed by atoms with Crippen molar-refractivity contribution in [2.24, 2.45) is 0 Å². The minimum absolute atomic E-state index is 0.172. The summed E-state index contributed by atoms with van der Waals surface area (Å²) in [6.07, 6.45) is 5.26. The number of hydrogen-bond acceptors (Lipinski definition) is 2. The molecule has 17 heavy (non-hydrogen) atoms. The van der Waals surface area contributed by atoms with Crippen LogP contribution in [0.2, 0.25) is 0 Å². The maximum absolute atomic E-state index is 11.8. The Kier molecular flexibility index (Phi) is 2.08. The molecule has 0 aliphatic rings. The van der Waals surface area contributed by atoms with Crippen molar-refractivity contribution in [2.45, 2.75) is 6.92 Å². The van der Waals surface area contributed by atoms with Crippen LogP contribution in [0.15, 0.2) is 47.7 Å². The number of rotatable bonds is 1. The lowest BCUT2D eigenvalue weighted by molar-refractivity contribution is 1.09. The molecule has 0 radical (unpaired) electrons. The quantitative estimate of drug-likeness (QED) is 0.688. The minimum atomic E-state index is -0.172. The molecule has 0 spiro atoms. The first-order valence-corrected chi connectivity index (χ1v) is 5.37. The van der Waals surface area contributed by atoms with Gasteiger partial charge in [0, 0.05) is 18.6 Å². The Labute approximate surface area is 97.6 Å². The summed E-state index contributed by atoms with van der Waals surface area (Å²) in [5, 5.41) is 0. The molecule has 0 unspecified atom stereocenters. The second-order valence-corrected chi connectivity index (χ2v) is 4.02. The molecule has 0 aliphatic heterocycles. The van der Waals surface area contributed by atoms with E-state index in [4.69, 9.17) is 0 Å². The Morgan fingerprint density at radius 3 is 3.06 bits per heavy atom. The highest BCUT2D eigenvalue weighted by Gasteiger charge is 2.04. The maximum atomic E-state index is 11.8. The molecule has 4 heteroatoms. The summed E-state index contributed by atoms with van der Waals surface area (Å²) in [6, 6.07) is 8.01. The number of aryl methyl sites for hydroxylation is 1. The van der Waals surface area contributed by atoms with Gasteiger partial charge in [0.1, 0.15) is 0 Å². The summed E-state index contributed by atoms with van der Waals surface area (Å²) in [6.45, 7) is 2.03. The van der Waals surface area contributed by atoms with E-state index in [1.165, 1.54) is 0 Å². The number of benzene rings is 1. The second-order valence-electron chi connectivity index (χ2n) is 4.02. The molecule has 0 saturated heterocycles. The summed E-state index contributed by atoms with van der Waals surface area (Å²) in [5.74, 6) is 0. The molecule has 1 aromatic carbocycles. The molecule has 0 fully saturated rings. The molecule has 0 saturated carbocycles. The second kappa shape index (κ2) is 3.59. The molecular weight excluding hydrogens is 214 g/mol. The fourth-order valence-electron chi connectivity index (χ4n) is 1.90. The third-order valence-corrected chi connectivity index (χ3v) is 2.72. The summed E-state index contributed by atoms with van der Waals surface area (Å²) in [4.78, 5) is 18.6. The Bertz CT molecular complexity index is 740. The van der Waals surface area contributed by atoms with Crippen LogP contribution < -0.4 is 5.56 Å². The van der Waals surface area contributed by atoms with Crippen LogP contribution in [-0.4, -0.2) is 14.4 Å². The van der Waals surface area contributed by atoms with Crippen LogP contribution in [0.4, 0.5) is 0 Å². The number of nitrogens with zero attached hydrogens (tertiary/aromatic N) is 2. The monoisotopic (exact) mass is 225 g/mol. The van der Waals surface area contributed by atoms with E-state index in [1.54, 1.807) is 16.8 Å². The highest BCUT2D eigenvalue weighted by Crippen LogP contribution is 2.16. The van der Waals surface area contributed by atoms with Crippen LogP contribution in [0.3, 0.4) is 0 Å². The minimum Gasteiger partial charge on any atom is -0.317 e. The van der Waals surface area contributed by atoms with Crippen molar-refractivity contribution in [1.29, 1.82) is 0 Å². The first kappa shape index (κ1) is 9.84. The number of aromatic nitrogens is 3. The lowest BCUT2D eigenvalue weighted by Crippen LogP contribution is -2.10. The van der Waals surface area contributed by atoms with Gasteiger partial charge < -0.3 is 9.38 Å². The van der Waals surface area contributed by atoms with Crippen LogP contribution in [0.25, 0.3) is 16.9 Å². The fourth-order valence-corrected chi connectivity index (χ4v) is 1.90. The van der Waals surface area contributed by atoms with Crippen molar-refractivity contribution < 1.29 is 0 Å². The zero-order chi connectivity index (χ0) is 11.8. The zero-order valence-corrected chi connectivity index (χ0v) is 9.34. The average Bonchev–Trinajstić information content (AvgIpc) is 2.77. The third-order valence-electron chi connectivity index (χ3n) is 2.72. The molecule has 0 aliphatic carbocycles. The summed E-state index contributed by atoms with van der Waals surface area (Å²) in [7, 11) is 0. The maximum Gasteiger partial charge on any atom is 0.292 e. The third kappa shape index (κ3) is 1.63. The van der Waals surface area contributed by atoms with E-state index in [2.05, 4.69) is 9.97 Å². The van der Waals surface area contributed by atoms with Gasteiger partial charge in [0.25, 0.3) is 5.56 Å². The SMILES string of the molecule is Cc1cccc(-c2cn3ccnc3c(=O)[nH]2)c1. The largest absolute Gasteiger partial charge is 0.317 e. The van der Waals surface area contributed by atoms with E-state index in [1.807, 2.05) is 37.4 Å². The van der Waals surface area contributed by atoms with Gasteiger partial charge in [-0.1, -0.05) is 23.8 Å². The van der Waals surface area contributed by atoms with Crippen molar-refractivity contribution in [2.75, 3.05) is 0 Å². The van der Waals surface area contributed by atoms with Gasteiger partial charge in [0.2, 0.25) is 5.65 Å². The Morgan fingerprint density at radius 1 is 1.35 bits per heavy atom. The van der Waals surface area contributed by atoms with Crippen LogP contribution in [0.5, 0.6) is 0 Å². The number of H-pyrrole nitrogens is 1. The van der Waals surface area contributed by atoms with E-state index in [-0.39, 0.29) is 5.56 Å². The molecule has 84 valence electrons. The number of nitrogens with one attached hydrogen (secondary N) is 1. The normalized spacial score (nSPS) is 10.9. The van der Waals surface area contributed by atoms with Gasteiger partial charge in [-0.15, -0.1) is 0 Å². The van der Waals surface area contributed by atoms with E-state index in [0.29, 0.717) is 5.65 Å². The molecule has 0 bridgehead atoms. The van der Waals surface area contributed by atoms with E-state index in [9.17, 15) is 4.79 Å². The van der Waals surface area contributed by atoms with Crippen LogP contribution in [0, 0.1) is 6.92 Å². The topological polar surface area (TPSA) is 50.2 Å². The lowest BCUT2D eigenvalue weighted by atomic mass is 10.1. The molecule has 2 aromatic heterocycles. The van der Waals surface area contributed by atoms with Gasteiger partial charge in [0.05, 0.1) is 5.69 Å². The van der Waals surface area contributed by atoms with Crippen molar-refractivity contribution in [3.63, 3.8) is 0 Å². The number of fused-ring (bicyclic) bond motifs is 1. The first-order chi connectivity index (χ1) is 8.24. The van der Waals surface area contributed by atoms with Crippen LogP contribution in [-0.2, 0) is 0 Å². The molecule has 3 rings (SSSR count). The fraction of sp³-hybridized carbons (Fsp3) is 0.0769. The first-order valence-electron chi connectivity index (χ1n) is 5.37. The molecule has 0 amide bonds. The van der Waals surface area contributed by atoms with Crippen molar-refractivity contribution >= 4 is 5.65 Å². The van der Waals surface area contributed by atoms with E-state index in [0.717, 1.165) is 16.8 Å². The number of hydrogen-bond donors (Lipinski definition) is 1. The van der Waals surface area contributed by atoms with Gasteiger partial charge in [-0.3, -0.25) is 4.79 Å². The zero-order valence-electron chi connectivity index (χ0n) is 9.34. The highest BCUT2D eigenvalue weighted by atomic mass is 16.1. The van der Waals surface area contributed by atoms with Crippen molar-refractivity contribution in [1.82, 2.24) is 14.4 Å². The Hall–Kier alpha value is -2.36. The predicted octanol–water partition coefficient (Wildman–Crippen LogP) is 2.00. The van der Waals surface area contributed by atoms with E-state index < -0.39 is 0 Å².